The molecule has 2 aromatic carbocycles. The van der Waals surface area contributed by atoms with Gasteiger partial charge in [-0.05, 0) is 49.6 Å². The zero-order valence-electron chi connectivity index (χ0n) is 15.5. The van der Waals surface area contributed by atoms with Crippen molar-refractivity contribution in [3.8, 4) is 5.69 Å². The van der Waals surface area contributed by atoms with Crippen LogP contribution in [0.2, 0.25) is 0 Å². The fourth-order valence-corrected chi connectivity index (χ4v) is 4.06. The van der Waals surface area contributed by atoms with E-state index in [0.717, 1.165) is 19.6 Å². The summed E-state index contributed by atoms with van der Waals surface area (Å²) in [7, 11) is 0. The van der Waals surface area contributed by atoms with E-state index >= 15 is 0 Å². The van der Waals surface area contributed by atoms with E-state index in [1.54, 1.807) is 0 Å². The van der Waals surface area contributed by atoms with Gasteiger partial charge in [-0.3, -0.25) is 0 Å². The first-order valence-corrected chi connectivity index (χ1v) is 9.62. The number of rotatable bonds is 5. The molecule has 1 aliphatic rings. The molecule has 0 atom stereocenters. The number of nitrogens with two attached hydrogens (primary N) is 1. The van der Waals surface area contributed by atoms with Gasteiger partial charge in [0.25, 0.3) is 0 Å². The molecule has 136 valence electrons. The Kier molecular flexibility index (Phi) is 4.96. The molecule has 0 amide bonds. The molecular formula is C22H28N4. The first-order valence-electron chi connectivity index (χ1n) is 9.62. The molecule has 1 aliphatic heterocycles. The largest absolute Gasteiger partial charge is 0.371 e. The lowest BCUT2D eigenvalue weighted by Gasteiger charge is -2.34. The highest BCUT2D eigenvalue weighted by Gasteiger charge is 2.19. The van der Waals surface area contributed by atoms with Crippen molar-refractivity contribution >= 4 is 16.6 Å². The number of nitrogens with one attached hydrogen (secondary N) is 1. The number of fused-ring (bicyclic) bond motifs is 1. The second kappa shape index (κ2) is 7.52. The zero-order valence-corrected chi connectivity index (χ0v) is 15.5. The summed E-state index contributed by atoms with van der Waals surface area (Å²) in [6, 6.07) is 18.2. The summed E-state index contributed by atoms with van der Waals surface area (Å²) in [6.07, 6.45) is 4.53. The van der Waals surface area contributed by atoms with Crippen molar-refractivity contribution in [2.24, 2.45) is 5.73 Å². The third-order valence-electron chi connectivity index (χ3n) is 5.46. The van der Waals surface area contributed by atoms with Crippen LogP contribution in [0, 0.1) is 6.92 Å². The average Bonchev–Trinajstić information content (AvgIpc) is 3.12. The van der Waals surface area contributed by atoms with E-state index < -0.39 is 0 Å². The van der Waals surface area contributed by atoms with E-state index in [0.29, 0.717) is 12.6 Å². The molecule has 1 aromatic heterocycles. The van der Waals surface area contributed by atoms with Crippen molar-refractivity contribution in [1.82, 2.24) is 9.88 Å². The number of piperidine rings is 1. The van der Waals surface area contributed by atoms with Crippen LogP contribution in [-0.2, 0) is 0 Å². The molecule has 0 unspecified atom stereocenters. The number of benzene rings is 2. The summed E-state index contributed by atoms with van der Waals surface area (Å²) in [5, 5.41) is 4.84. The van der Waals surface area contributed by atoms with Crippen LogP contribution in [0.15, 0.2) is 54.7 Å². The smallest absolute Gasteiger partial charge is 0.0557 e. The van der Waals surface area contributed by atoms with E-state index in [9.17, 15) is 0 Å². The number of aromatic nitrogens is 1. The van der Waals surface area contributed by atoms with Gasteiger partial charge in [-0.25, -0.2) is 0 Å². The maximum atomic E-state index is 5.60. The van der Waals surface area contributed by atoms with E-state index in [4.69, 9.17) is 5.73 Å². The average molecular weight is 348 g/mol. The van der Waals surface area contributed by atoms with Crippen LogP contribution < -0.4 is 16.0 Å². The second-order valence-electron chi connectivity index (χ2n) is 7.22. The highest BCUT2D eigenvalue weighted by molar-refractivity contribution is 5.85. The van der Waals surface area contributed by atoms with Crippen LogP contribution in [0.3, 0.4) is 0 Å². The molecule has 0 aliphatic carbocycles. The van der Waals surface area contributed by atoms with Crippen molar-refractivity contribution < 1.29 is 0 Å². The summed E-state index contributed by atoms with van der Waals surface area (Å²) >= 11 is 0. The lowest BCUT2D eigenvalue weighted by Crippen LogP contribution is -2.43. The van der Waals surface area contributed by atoms with Crippen molar-refractivity contribution in [1.29, 1.82) is 0 Å². The Balaban J connectivity index is 1.56. The first kappa shape index (κ1) is 17.1. The van der Waals surface area contributed by atoms with Crippen LogP contribution in [0.1, 0.15) is 18.4 Å². The Hall–Kier alpha value is -2.30. The number of para-hydroxylation sites is 1. The molecule has 0 saturated carbocycles. The Bertz CT molecular complexity index is 875. The molecule has 4 heteroatoms. The number of hydrogen-bond acceptors (Lipinski definition) is 3. The van der Waals surface area contributed by atoms with E-state index in [2.05, 4.69) is 76.4 Å². The number of nitrogens with zero attached hydrogens (tertiary/aromatic N) is 2. The number of anilines is 1. The quantitative estimate of drug-likeness (QED) is 0.742. The number of hydrogen-bond donors (Lipinski definition) is 2. The monoisotopic (exact) mass is 348 g/mol. The predicted octanol–water partition coefficient (Wildman–Crippen LogP) is 3.46. The van der Waals surface area contributed by atoms with Crippen LogP contribution in [-0.4, -0.2) is 36.8 Å². The van der Waals surface area contributed by atoms with E-state index in [-0.39, 0.29) is 0 Å². The molecule has 1 saturated heterocycles. The van der Waals surface area contributed by atoms with Gasteiger partial charge in [0.2, 0.25) is 0 Å². The molecule has 0 radical (unpaired) electrons. The second-order valence-corrected chi connectivity index (χ2v) is 7.22. The van der Waals surface area contributed by atoms with Gasteiger partial charge in [0.1, 0.15) is 0 Å². The molecule has 2 heterocycles. The predicted molar refractivity (Wildman–Crippen MR) is 110 cm³/mol. The summed E-state index contributed by atoms with van der Waals surface area (Å²) < 4.78 is 2.31. The standard InChI is InChI=1S/C22H28N4/c1-17-4-2-5-18-8-15-26(22(17)18)21-7-3-6-20(16-21)25-13-9-19(10-14-25)24-12-11-23/h2-8,15-16,19,24H,9-14,23H2,1H3. The van der Waals surface area contributed by atoms with Gasteiger partial charge in [-0.2, -0.15) is 0 Å². The minimum Gasteiger partial charge on any atom is -0.371 e. The normalized spacial score (nSPS) is 15.7. The van der Waals surface area contributed by atoms with Gasteiger partial charge in [0.05, 0.1) is 5.52 Å². The zero-order chi connectivity index (χ0) is 17.9. The maximum Gasteiger partial charge on any atom is 0.0557 e. The molecule has 0 spiro atoms. The maximum absolute atomic E-state index is 5.60. The van der Waals surface area contributed by atoms with Crippen molar-refractivity contribution in [2.75, 3.05) is 31.1 Å². The van der Waals surface area contributed by atoms with Gasteiger partial charge in [0, 0.05) is 55.2 Å². The van der Waals surface area contributed by atoms with Crippen molar-refractivity contribution in [2.45, 2.75) is 25.8 Å². The van der Waals surface area contributed by atoms with E-state index in [1.807, 2.05) is 0 Å². The SMILES string of the molecule is Cc1cccc2ccn(-c3cccc(N4CCC(NCCN)CC4)c3)c12. The molecule has 3 aromatic rings. The van der Waals surface area contributed by atoms with Crippen molar-refractivity contribution in [3.05, 3.63) is 60.3 Å². The topological polar surface area (TPSA) is 46.2 Å². The molecule has 4 nitrogen and oxygen atoms in total. The Labute approximate surface area is 155 Å². The minimum absolute atomic E-state index is 0.606. The highest BCUT2D eigenvalue weighted by Crippen LogP contribution is 2.27. The lowest BCUT2D eigenvalue weighted by atomic mass is 10.0. The van der Waals surface area contributed by atoms with Gasteiger partial charge >= 0.3 is 0 Å². The third-order valence-corrected chi connectivity index (χ3v) is 5.46. The third kappa shape index (κ3) is 3.35. The molecule has 1 fully saturated rings. The fraction of sp³-hybridized carbons (Fsp3) is 0.364. The molecule has 26 heavy (non-hydrogen) atoms. The van der Waals surface area contributed by atoms with Crippen LogP contribution in [0.4, 0.5) is 5.69 Å². The molecule has 4 rings (SSSR count). The van der Waals surface area contributed by atoms with Gasteiger partial charge in [-0.15, -0.1) is 0 Å². The fourth-order valence-electron chi connectivity index (χ4n) is 4.06. The minimum atomic E-state index is 0.606. The Morgan fingerprint density at radius 1 is 1.04 bits per heavy atom. The summed E-state index contributed by atoms with van der Waals surface area (Å²) in [6.45, 7) is 6.00. The number of aryl methyl sites for hydroxylation is 1. The van der Waals surface area contributed by atoms with Gasteiger partial charge in [-0.1, -0.05) is 24.3 Å². The van der Waals surface area contributed by atoms with E-state index in [1.165, 1.54) is 40.7 Å². The lowest BCUT2D eigenvalue weighted by molar-refractivity contribution is 0.419. The summed E-state index contributed by atoms with van der Waals surface area (Å²) in [5.41, 5.74) is 10.8. The first-order chi connectivity index (χ1) is 12.8. The Morgan fingerprint density at radius 3 is 2.62 bits per heavy atom. The summed E-state index contributed by atoms with van der Waals surface area (Å²) in [4.78, 5) is 2.50. The van der Waals surface area contributed by atoms with Crippen molar-refractivity contribution in [3.63, 3.8) is 0 Å². The Morgan fingerprint density at radius 2 is 1.81 bits per heavy atom. The van der Waals surface area contributed by atoms with Crippen LogP contribution in [0.5, 0.6) is 0 Å². The highest BCUT2D eigenvalue weighted by atomic mass is 15.1. The molecule has 0 bridgehead atoms. The summed E-state index contributed by atoms with van der Waals surface area (Å²) in [5.74, 6) is 0. The molecular weight excluding hydrogens is 320 g/mol. The van der Waals surface area contributed by atoms with Crippen LogP contribution >= 0.6 is 0 Å². The molecule has 3 N–H and O–H groups in total. The van der Waals surface area contributed by atoms with Crippen LogP contribution in [0.25, 0.3) is 16.6 Å². The van der Waals surface area contributed by atoms with Gasteiger partial charge < -0.3 is 20.5 Å². The van der Waals surface area contributed by atoms with Gasteiger partial charge in [0.15, 0.2) is 0 Å².